The van der Waals surface area contributed by atoms with E-state index >= 15 is 0 Å². The van der Waals surface area contributed by atoms with Gasteiger partial charge in [-0.1, -0.05) is 6.92 Å². The Balaban J connectivity index is 2.57. The Morgan fingerprint density at radius 2 is 2.00 bits per heavy atom. The van der Waals surface area contributed by atoms with Crippen LogP contribution in [0.5, 0.6) is 0 Å². The largest absolute Gasteiger partial charge is 0.326 e. The van der Waals surface area contributed by atoms with Crippen LogP contribution >= 0.6 is 11.8 Å². The molecule has 0 aromatic heterocycles. The van der Waals surface area contributed by atoms with Crippen LogP contribution in [-0.4, -0.2) is 24.7 Å². The molecule has 1 rings (SSSR count). The monoisotopic (exact) mass is 252 g/mol. The molecule has 2 N–H and O–H groups in total. The molecule has 0 saturated carbocycles. The first-order valence-corrected chi connectivity index (χ1v) is 6.72. The highest BCUT2D eigenvalue weighted by Crippen LogP contribution is 2.26. The van der Waals surface area contributed by atoms with Crippen molar-refractivity contribution in [1.29, 1.82) is 0 Å². The van der Waals surface area contributed by atoms with Crippen LogP contribution in [0.15, 0.2) is 29.2 Å². The molecule has 94 valence electrons. The maximum absolute atomic E-state index is 10.9. The zero-order chi connectivity index (χ0) is 12.7. The number of rotatable bonds is 6. The highest BCUT2D eigenvalue weighted by molar-refractivity contribution is 8.00. The second-order valence-electron chi connectivity index (χ2n) is 3.91. The van der Waals surface area contributed by atoms with Crippen LogP contribution in [0.3, 0.4) is 0 Å². The number of hydrogen-bond acceptors (Lipinski definition) is 3. The summed E-state index contributed by atoms with van der Waals surface area (Å²) < 4.78 is 0. The number of benzene rings is 1. The van der Waals surface area contributed by atoms with E-state index in [0.29, 0.717) is 5.25 Å². The van der Waals surface area contributed by atoms with Gasteiger partial charge in [0.05, 0.1) is 0 Å². The maximum Gasteiger partial charge on any atom is 0.221 e. The summed E-state index contributed by atoms with van der Waals surface area (Å²) >= 11 is 1.87. The van der Waals surface area contributed by atoms with Gasteiger partial charge >= 0.3 is 0 Å². The van der Waals surface area contributed by atoms with E-state index in [1.807, 2.05) is 43.1 Å². The number of amides is 1. The van der Waals surface area contributed by atoms with Crippen molar-refractivity contribution in [2.75, 3.05) is 18.9 Å². The smallest absolute Gasteiger partial charge is 0.221 e. The third-order valence-electron chi connectivity index (χ3n) is 2.36. The minimum absolute atomic E-state index is 0.0352. The average molecular weight is 252 g/mol. The average Bonchev–Trinajstić information content (AvgIpc) is 2.30. The number of thioether (sulfide) groups is 1. The third-order valence-corrected chi connectivity index (χ3v) is 3.74. The molecule has 1 aromatic rings. The molecule has 0 radical (unpaired) electrons. The van der Waals surface area contributed by atoms with Crippen molar-refractivity contribution in [2.24, 2.45) is 0 Å². The summed E-state index contributed by atoms with van der Waals surface area (Å²) in [5.41, 5.74) is 0.850. The second-order valence-corrected chi connectivity index (χ2v) is 5.29. The van der Waals surface area contributed by atoms with Crippen LogP contribution in [-0.2, 0) is 4.79 Å². The molecule has 1 unspecified atom stereocenters. The maximum atomic E-state index is 10.9. The quantitative estimate of drug-likeness (QED) is 0.765. The fraction of sp³-hybridized carbons (Fsp3) is 0.462. The Labute approximate surface area is 107 Å². The molecule has 17 heavy (non-hydrogen) atoms. The van der Waals surface area contributed by atoms with Crippen LogP contribution in [0.4, 0.5) is 5.69 Å². The summed E-state index contributed by atoms with van der Waals surface area (Å²) in [6.45, 7) is 4.72. The van der Waals surface area contributed by atoms with Crippen molar-refractivity contribution in [1.82, 2.24) is 5.32 Å². The molecule has 3 nitrogen and oxygen atoms in total. The van der Waals surface area contributed by atoms with Crippen molar-refractivity contribution in [3.63, 3.8) is 0 Å². The van der Waals surface area contributed by atoms with Gasteiger partial charge in [-0.3, -0.25) is 4.79 Å². The molecule has 0 aliphatic rings. The van der Waals surface area contributed by atoms with Gasteiger partial charge in [-0.2, -0.15) is 0 Å². The van der Waals surface area contributed by atoms with Gasteiger partial charge in [-0.15, -0.1) is 11.8 Å². The van der Waals surface area contributed by atoms with Crippen LogP contribution in [0.2, 0.25) is 0 Å². The first-order chi connectivity index (χ1) is 8.15. The standard InChI is InChI=1S/C13H20N2OS/c1-4-12(9-14-3)17-13-7-5-11(6-8-13)15-10(2)16/h5-8,12,14H,4,9H2,1-3H3,(H,15,16). The van der Waals surface area contributed by atoms with Crippen LogP contribution in [0.25, 0.3) is 0 Å². The third kappa shape index (κ3) is 5.24. The number of hydrogen-bond donors (Lipinski definition) is 2. The predicted molar refractivity (Wildman–Crippen MR) is 74.6 cm³/mol. The zero-order valence-corrected chi connectivity index (χ0v) is 11.4. The number of nitrogens with one attached hydrogen (secondary N) is 2. The first-order valence-electron chi connectivity index (χ1n) is 5.84. The molecule has 0 fully saturated rings. The second kappa shape index (κ2) is 7.35. The van der Waals surface area contributed by atoms with Gasteiger partial charge in [0.25, 0.3) is 0 Å². The summed E-state index contributed by atoms with van der Waals surface area (Å²) in [7, 11) is 1.98. The minimum atomic E-state index is -0.0352. The molecule has 1 amide bonds. The van der Waals surface area contributed by atoms with Crippen molar-refractivity contribution >= 4 is 23.4 Å². The predicted octanol–water partition coefficient (Wildman–Crippen LogP) is 2.74. The molecule has 1 atom stereocenters. The highest BCUT2D eigenvalue weighted by Gasteiger charge is 2.06. The molecule has 0 aliphatic carbocycles. The highest BCUT2D eigenvalue weighted by atomic mass is 32.2. The lowest BCUT2D eigenvalue weighted by atomic mass is 10.3. The van der Waals surface area contributed by atoms with E-state index in [9.17, 15) is 4.79 Å². The Hall–Kier alpha value is -1.00. The van der Waals surface area contributed by atoms with E-state index in [4.69, 9.17) is 0 Å². The van der Waals surface area contributed by atoms with Crippen molar-refractivity contribution in [3.05, 3.63) is 24.3 Å². The molecule has 0 aliphatic heterocycles. The van der Waals surface area contributed by atoms with E-state index in [2.05, 4.69) is 17.6 Å². The van der Waals surface area contributed by atoms with Crippen LogP contribution in [0.1, 0.15) is 20.3 Å². The SMILES string of the molecule is CCC(CNC)Sc1ccc(NC(C)=O)cc1. The van der Waals surface area contributed by atoms with E-state index in [1.165, 1.54) is 11.8 Å². The first kappa shape index (κ1) is 14.1. The van der Waals surface area contributed by atoms with Gasteiger partial charge in [-0.05, 0) is 37.7 Å². The molecule has 0 spiro atoms. The molecule has 4 heteroatoms. The summed E-state index contributed by atoms with van der Waals surface area (Å²) in [6.07, 6.45) is 1.14. The van der Waals surface area contributed by atoms with E-state index in [-0.39, 0.29) is 5.91 Å². The summed E-state index contributed by atoms with van der Waals surface area (Å²) in [4.78, 5) is 12.1. The number of anilines is 1. The Bertz CT molecular complexity index is 351. The lowest BCUT2D eigenvalue weighted by molar-refractivity contribution is -0.114. The Kier molecular flexibility index (Phi) is 6.08. The molecule has 0 bridgehead atoms. The van der Waals surface area contributed by atoms with Crippen LogP contribution in [0, 0.1) is 0 Å². The molecule has 1 aromatic carbocycles. The van der Waals surface area contributed by atoms with Gasteiger partial charge < -0.3 is 10.6 Å². The molecular formula is C13H20N2OS. The van der Waals surface area contributed by atoms with Crippen LogP contribution < -0.4 is 10.6 Å². The number of carbonyl (C=O) groups is 1. The Morgan fingerprint density at radius 3 is 2.47 bits per heavy atom. The molecular weight excluding hydrogens is 232 g/mol. The minimum Gasteiger partial charge on any atom is -0.326 e. The van der Waals surface area contributed by atoms with Crippen molar-refractivity contribution < 1.29 is 4.79 Å². The van der Waals surface area contributed by atoms with Crippen molar-refractivity contribution in [2.45, 2.75) is 30.4 Å². The summed E-state index contributed by atoms with van der Waals surface area (Å²) in [5, 5.41) is 6.55. The van der Waals surface area contributed by atoms with Gasteiger partial charge in [0.15, 0.2) is 0 Å². The zero-order valence-electron chi connectivity index (χ0n) is 10.6. The number of carbonyl (C=O) groups excluding carboxylic acids is 1. The summed E-state index contributed by atoms with van der Waals surface area (Å²) in [5.74, 6) is -0.0352. The van der Waals surface area contributed by atoms with Gasteiger partial charge in [0.1, 0.15) is 0 Å². The summed E-state index contributed by atoms with van der Waals surface area (Å²) in [6, 6.07) is 7.98. The fourth-order valence-corrected chi connectivity index (χ4v) is 2.60. The Morgan fingerprint density at radius 1 is 1.35 bits per heavy atom. The van der Waals surface area contributed by atoms with E-state index < -0.39 is 0 Å². The van der Waals surface area contributed by atoms with E-state index in [1.54, 1.807) is 0 Å². The normalized spacial score (nSPS) is 12.2. The van der Waals surface area contributed by atoms with Gasteiger partial charge in [0.2, 0.25) is 5.91 Å². The molecule has 0 saturated heterocycles. The topological polar surface area (TPSA) is 41.1 Å². The van der Waals surface area contributed by atoms with E-state index in [0.717, 1.165) is 18.7 Å². The lowest BCUT2D eigenvalue weighted by Gasteiger charge is -2.14. The molecule has 0 heterocycles. The van der Waals surface area contributed by atoms with Gasteiger partial charge in [0, 0.05) is 29.3 Å². The lowest BCUT2D eigenvalue weighted by Crippen LogP contribution is -2.20. The van der Waals surface area contributed by atoms with Crippen molar-refractivity contribution in [3.8, 4) is 0 Å². The van der Waals surface area contributed by atoms with Gasteiger partial charge in [-0.25, -0.2) is 0 Å². The fourth-order valence-electron chi connectivity index (χ4n) is 1.51.